The van der Waals surface area contributed by atoms with Gasteiger partial charge in [-0.15, -0.1) is 6.58 Å². The Kier molecular flexibility index (Phi) is 15.8. The van der Waals surface area contributed by atoms with Crippen LogP contribution in [0.4, 0.5) is 0 Å². The van der Waals surface area contributed by atoms with Gasteiger partial charge in [-0.1, -0.05) is 234 Å². The minimum Gasteiger partial charge on any atom is -0.103 e. The first-order chi connectivity index (χ1) is 29.5. The van der Waals surface area contributed by atoms with Crippen LogP contribution in [0.1, 0.15) is 75.6 Å². The van der Waals surface area contributed by atoms with Crippen LogP contribution in [0.25, 0.3) is 54.9 Å². The Bertz CT molecular complexity index is 2600. The summed E-state index contributed by atoms with van der Waals surface area (Å²) in [6.45, 7) is 14.4. The van der Waals surface area contributed by atoms with Crippen molar-refractivity contribution in [2.45, 2.75) is 59.8 Å². The highest BCUT2D eigenvalue weighted by molar-refractivity contribution is 6.21. The highest BCUT2D eigenvalue weighted by Gasteiger charge is 2.19. The molecule has 0 saturated carbocycles. The predicted molar refractivity (Wildman–Crippen MR) is 266 cm³/mol. The minimum atomic E-state index is 0.282. The molecule has 7 aromatic rings. The maximum absolute atomic E-state index is 3.73. The highest BCUT2D eigenvalue weighted by atomic mass is 14.2. The fourth-order valence-corrected chi connectivity index (χ4v) is 8.00. The molecular formula is C60H60. The van der Waals surface area contributed by atoms with Crippen molar-refractivity contribution in [1.29, 1.82) is 0 Å². The molecule has 0 heterocycles. The van der Waals surface area contributed by atoms with Crippen molar-refractivity contribution in [1.82, 2.24) is 0 Å². The Hall–Kier alpha value is -6.50. The zero-order valence-electron chi connectivity index (χ0n) is 36.2. The van der Waals surface area contributed by atoms with Crippen LogP contribution in [-0.4, -0.2) is 0 Å². The SMILES string of the molecule is C/C(=C\Cc1ccc2c(-c3ccccc3)c3cc(/C4=C/C=C\C/C=C\C=C/C4C)ccc3c(-c3ccccc3)c2c1)c1ccccc1.C=CCC(C)c1ccccc1.CC. The second-order valence-electron chi connectivity index (χ2n) is 15.3. The van der Waals surface area contributed by atoms with Crippen molar-refractivity contribution in [3.05, 3.63) is 241 Å². The van der Waals surface area contributed by atoms with Crippen LogP contribution in [-0.2, 0) is 6.42 Å². The van der Waals surface area contributed by atoms with Gasteiger partial charge in [0.25, 0.3) is 0 Å². The Labute approximate surface area is 360 Å². The van der Waals surface area contributed by atoms with Crippen LogP contribution in [0, 0.1) is 5.92 Å². The minimum absolute atomic E-state index is 0.282. The summed E-state index contributed by atoms with van der Waals surface area (Å²) >= 11 is 0. The maximum atomic E-state index is 3.73. The fraction of sp³-hybridized carbons (Fsp3) is 0.167. The summed E-state index contributed by atoms with van der Waals surface area (Å²) in [5, 5.41) is 5.14. The van der Waals surface area contributed by atoms with E-state index in [2.05, 4.69) is 228 Å². The number of rotatable bonds is 9. The molecule has 0 nitrogen and oxygen atoms in total. The number of fused-ring (bicyclic) bond motifs is 2. The average Bonchev–Trinajstić information content (AvgIpc) is 3.31. The van der Waals surface area contributed by atoms with Gasteiger partial charge in [0.05, 0.1) is 0 Å². The van der Waals surface area contributed by atoms with Gasteiger partial charge in [0, 0.05) is 0 Å². The quantitative estimate of drug-likeness (QED) is 0.101. The zero-order valence-corrected chi connectivity index (χ0v) is 36.2. The number of allylic oxidation sites excluding steroid dienone is 11. The van der Waals surface area contributed by atoms with Gasteiger partial charge in [-0.05, 0) is 121 Å². The summed E-state index contributed by atoms with van der Waals surface area (Å²) in [6.07, 6.45) is 22.8. The van der Waals surface area contributed by atoms with E-state index in [0.717, 1.165) is 19.3 Å². The molecule has 0 saturated heterocycles. The van der Waals surface area contributed by atoms with Gasteiger partial charge in [-0.3, -0.25) is 0 Å². The van der Waals surface area contributed by atoms with E-state index >= 15 is 0 Å². The molecule has 2 atom stereocenters. The third-order valence-corrected chi connectivity index (χ3v) is 11.2. The first-order valence-electron chi connectivity index (χ1n) is 21.7. The lowest BCUT2D eigenvalue weighted by Crippen LogP contribution is -1.98. The van der Waals surface area contributed by atoms with E-state index in [9.17, 15) is 0 Å². The van der Waals surface area contributed by atoms with E-state index in [4.69, 9.17) is 0 Å². The molecule has 7 aromatic carbocycles. The first kappa shape index (κ1) is 43.1. The molecule has 0 fully saturated rings. The largest absolute Gasteiger partial charge is 0.103 e. The molecule has 8 rings (SSSR count). The molecule has 0 radical (unpaired) electrons. The summed E-state index contributed by atoms with van der Waals surface area (Å²) in [6, 6.07) is 57.3. The van der Waals surface area contributed by atoms with Crippen molar-refractivity contribution < 1.29 is 0 Å². The Morgan fingerprint density at radius 3 is 1.78 bits per heavy atom. The van der Waals surface area contributed by atoms with E-state index < -0.39 is 0 Å². The topological polar surface area (TPSA) is 0 Å². The molecule has 300 valence electrons. The lowest BCUT2D eigenvalue weighted by atomic mass is 9.83. The van der Waals surface area contributed by atoms with Crippen molar-refractivity contribution in [2.24, 2.45) is 5.92 Å². The van der Waals surface area contributed by atoms with Gasteiger partial charge >= 0.3 is 0 Å². The molecular weight excluding hydrogens is 721 g/mol. The smallest absolute Gasteiger partial charge is 0.000139 e. The molecule has 1 aliphatic carbocycles. The highest BCUT2D eigenvalue weighted by Crippen LogP contribution is 2.45. The van der Waals surface area contributed by atoms with Crippen LogP contribution in [0.2, 0.25) is 0 Å². The standard InChI is InChI=1S/C47H40.C11H14.C2H6/c1-34(37-19-11-7-12-20-37)26-27-36-28-30-42-44(32-36)46(38-21-13-8-14-22-38)43-31-29-40(33-45(43)47(42)39-23-15-9-16-24-39)41-25-17-6-4-3-5-10-18-35(41)2;1-3-7-10(2)11-8-5-4-6-9-11;1-2/h3,5-26,28-33,35H,4,27H2,1-2H3;3-6,8-10H,1,7H2,2H3;1-2H3/b5-3-,17-6-,18-10-,34-26+,41-25+;;. The van der Waals surface area contributed by atoms with E-state index in [1.807, 2.05) is 26.0 Å². The number of hydrogen-bond donors (Lipinski definition) is 0. The summed E-state index contributed by atoms with van der Waals surface area (Å²) < 4.78 is 0. The molecule has 0 amide bonds. The number of benzene rings is 7. The lowest BCUT2D eigenvalue weighted by molar-refractivity contribution is 0.782. The summed E-state index contributed by atoms with van der Waals surface area (Å²) in [5.41, 5.74) is 12.9. The van der Waals surface area contributed by atoms with Gasteiger partial charge in [0.1, 0.15) is 0 Å². The molecule has 2 unspecified atom stereocenters. The van der Waals surface area contributed by atoms with Gasteiger partial charge in [-0.2, -0.15) is 0 Å². The van der Waals surface area contributed by atoms with Gasteiger partial charge in [-0.25, -0.2) is 0 Å². The molecule has 0 heteroatoms. The van der Waals surface area contributed by atoms with E-state index in [-0.39, 0.29) is 5.92 Å². The summed E-state index contributed by atoms with van der Waals surface area (Å²) in [7, 11) is 0. The molecule has 0 spiro atoms. The van der Waals surface area contributed by atoms with Gasteiger partial charge in [0.15, 0.2) is 0 Å². The van der Waals surface area contributed by atoms with Gasteiger partial charge < -0.3 is 0 Å². The molecule has 60 heavy (non-hydrogen) atoms. The van der Waals surface area contributed by atoms with Crippen LogP contribution in [0.5, 0.6) is 0 Å². The Morgan fingerprint density at radius 2 is 1.17 bits per heavy atom. The monoisotopic (exact) mass is 780 g/mol. The van der Waals surface area contributed by atoms with Crippen molar-refractivity contribution in [3.63, 3.8) is 0 Å². The third kappa shape index (κ3) is 10.8. The summed E-state index contributed by atoms with van der Waals surface area (Å²) in [4.78, 5) is 0. The average molecular weight is 781 g/mol. The first-order valence-corrected chi connectivity index (χ1v) is 21.7. The summed E-state index contributed by atoms with van der Waals surface area (Å²) in [5.74, 6) is 0.887. The predicted octanol–water partition coefficient (Wildman–Crippen LogP) is 17.5. The van der Waals surface area contributed by atoms with E-state index in [0.29, 0.717) is 5.92 Å². The second-order valence-corrected chi connectivity index (χ2v) is 15.3. The Balaban J connectivity index is 0.000000401. The zero-order chi connectivity index (χ0) is 42.1. The van der Waals surface area contributed by atoms with Crippen LogP contribution in [0.15, 0.2) is 219 Å². The van der Waals surface area contributed by atoms with Crippen molar-refractivity contribution >= 4 is 32.7 Å². The van der Waals surface area contributed by atoms with E-state index in [1.165, 1.54) is 77.2 Å². The molecule has 1 aliphatic rings. The van der Waals surface area contributed by atoms with Crippen molar-refractivity contribution in [3.8, 4) is 22.3 Å². The molecule has 0 aliphatic heterocycles. The second kappa shape index (κ2) is 22.0. The third-order valence-electron chi connectivity index (χ3n) is 11.2. The molecule has 0 aromatic heterocycles. The van der Waals surface area contributed by atoms with Crippen LogP contribution >= 0.6 is 0 Å². The maximum Gasteiger partial charge on any atom is -0.000139 e. The number of hydrogen-bond acceptors (Lipinski definition) is 0. The lowest BCUT2D eigenvalue weighted by Gasteiger charge is -2.20. The van der Waals surface area contributed by atoms with Crippen LogP contribution in [0.3, 0.4) is 0 Å². The van der Waals surface area contributed by atoms with E-state index in [1.54, 1.807) is 0 Å². The molecule has 0 N–H and O–H groups in total. The molecule has 0 bridgehead atoms. The van der Waals surface area contributed by atoms with Gasteiger partial charge in [0.2, 0.25) is 0 Å². The Morgan fingerprint density at radius 1 is 0.617 bits per heavy atom. The van der Waals surface area contributed by atoms with Crippen molar-refractivity contribution in [2.75, 3.05) is 0 Å². The van der Waals surface area contributed by atoms with Crippen LogP contribution < -0.4 is 0 Å². The fourth-order valence-electron chi connectivity index (χ4n) is 8.00. The normalized spacial score (nSPS) is 16.8.